The zero-order chi connectivity index (χ0) is 17.9. The van der Waals surface area contributed by atoms with E-state index in [2.05, 4.69) is 48.4 Å². The van der Waals surface area contributed by atoms with Crippen LogP contribution >= 0.6 is 24.0 Å². The third kappa shape index (κ3) is 8.58. The van der Waals surface area contributed by atoms with Gasteiger partial charge in [0, 0.05) is 19.6 Å². The molecule has 1 atom stereocenters. The van der Waals surface area contributed by atoms with Crippen LogP contribution in [-0.4, -0.2) is 56.7 Å². The summed E-state index contributed by atoms with van der Waals surface area (Å²) in [5, 5.41) is 6.69. The maximum atomic E-state index is 5.76. The average Bonchev–Trinajstić information content (AvgIpc) is 2.64. The number of guanidine groups is 1. The predicted octanol–water partition coefficient (Wildman–Crippen LogP) is 3.28. The van der Waals surface area contributed by atoms with Crippen LogP contribution in [0.2, 0.25) is 0 Å². The van der Waals surface area contributed by atoms with Gasteiger partial charge in [-0.3, -0.25) is 4.99 Å². The molecule has 0 spiro atoms. The molecule has 1 aliphatic rings. The number of ether oxygens (including phenoxy) is 1. The molecule has 2 rings (SSSR count). The highest BCUT2D eigenvalue weighted by atomic mass is 127. The second-order valence-electron chi connectivity index (χ2n) is 6.71. The Balaban J connectivity index is 0.00000338. The van der Waals surface area contributed by atoms with E-state index >= 15 is 0 Å². The van der Waals surface area contributed by atoms with E-state index in [0.717, 1.165) is 37.9 Å². The van der Waals surface area contributed by atoms with Crippen molar-refractivity contribution in [2.24, 2.45) is 10.9 Å². The molecule has 1 heterocycles. The van der Waals surface area contributed by atoms with Gasteiger partial charge in [-0.15, -0.1) is 24.0 Å². The molecule has 1 unspecified atom stereocenters. The SMILES string of the molecule is CCNC(=NCC1CCCN(CC)C1)NCCOc1ccc(C)cc1.I. The van der Waals surface area contributed by atoms with Gasteiger partial charge in [0.1, 0.15) is 12.4 Å². The fraction of sp³-hybridized carbons (Fsp3) is 0.650. The standard InChI is InChI=1S/C20H34N4O.HI/c1-4-21-20(23-15-18-7-6-13-24(5-2)16-18)22-12-14-25-19-10-8-17(3)9-11-19;/h8-11,18H,4-7,12-16H2,1-3H3,(H2,21,22,23);1H. The van der Waals surface area contributed by atoms with Crippen LogP contribution in [-0.2, 0) is 0 Å². The number of rotatable bonds is 8. The quantitative estimate of drug-likeness (QED) is 0.263. The molecule has 1 aromatic rings. The van der Waals surface area contributed by atoms with Crippen LogP contribution in [0.5, 0.6) is 5.75 Å². The van der Waals surface area contributed by atoms with Gasteiger partial charge in [0.25, 0.3) is 0 Å². The van der Waals surface area contributed by atoms with Gasteiger partial charge in [0.05, 0.1) is 6.54 Å². The summed E-state index contributed by atoms with van der Waals surface area (Å²) in [5.41, 5.74) is 1.25. The lowest BCUT2D eigenvalue weighted by atomic mass is 9.98. The number of hydrogen-bond donors (Lipinski definition) is 2. The van der Waals surface area contributed by atoms with Crippen LogP contribution in [0, 0.1) is 12.8 Å². The number of nitrogens with zero attached hydrogens (tertiary/aromatic N) is 2. The smallest absolute Gasteiger partial charge is 0.191 e. The average molecular weight is 474 g/mol. The Labute approximate surface area is 176 Å². The zero-order valence-corrected chi connectivity index (χ0v) is 18.8. The number of likely N-dealkylation sites (tertiary alicyclic amines) is 1. The summed E-state index contributed by atoms with van der Waals surface area (Å²) in [6.07, 6.45) is 2.58. The summed E-state index contributed by atoms with van der Waals surface area (Å²) < 4.78 is 5.76. The normalized spacial score (nSPS) is 18.1. The maximum Gasteiger partial charge on any atom is 0.191 e. The van der Waals surface area contributed by atoms with Gasteiger partial charge in [0.2, 0.25) is 0 Å². The van der Waals surface area contributed by atoms with Crippen molar-refractivity contribution in [3.8, 4) is 5.75 Å². The van der Waals surface area contributed by atoms with Crippen molar-refractivity contribution in [3.05, 3.63) is 29.8 Å². The lowest BCUT2D eigenvalue weighted by Crippen LogP contribution is -2.41. The molecule has 1 aromatic carbocycles. The molecular weight excluding hydrogens is 439 g/mol. The molecule has 0 saturated carbocycles. The van der Waals surface area contributed by atoms with E-state index < -0.39 is 0 Å². The second kappa shape index (κ2) is 13.2. The summed E-state index contributed by atoms with van der Waals surface area (Å²) in [7, 11) is 0. The molecule has 0 aromatic heterocycles. The van der Waals surface area contributed by atoms with Crippen LogP contribution in [0.15, 0.2) is 29.3 Å². The molecule has 0 bridgehead atoms. The van der Waals surface area contributed by atoms with E-state index in [0.29, 0.717) is 12.5 Å². The van der Waals surface area contributed by atoms with Crippen molar-refractivity contribution < 1.29 is 4.74 Å². The summed E-state index contributed by atoms with van der Waals surface area (Å²) >= 11 is 0. The van der Waals surface area contributed by atoms with Crippen LogP contribution in [0.4, 0.5) is 0 Å². The first-order chi connectivity index (χ1) is 12.2. The number of piperidine rings is 1. The van der Waals surface area contributed by atoms with Crippen molar-refractivity contribution in [1.29, 1.82) is 0 Å². The van der Waals surface area contributed by atoms with E-state index in [4.69, 9.17) is 9.73 Å². The number of halogens is 1. The van der Waals surface area contributed by atoms with Crippen LogP contribution in [0.25, 0.3) is 0 Å². The van der Waals surface area contributed by atoms with Crippen molar-refractivity contribution in [1.82, 2.24) is 15.5 Å². The zero-order valence-electron chi connectivity index (χ0n) is 16.5. The molecule has 2 N–H and O–H groups in total. The van der Waals surface area contributed by atoms with Gasteiger partial charge in [-0.2, -0.15) is 0 Å². The Kier molecular flexibility index (Phi) is 11.7. The summed E-state index contributed by atoms with van der Waals surface area (Å²) in [4.78, 5) is 7.30. The highest BCUT2D eigenvalue weighted by Crippen LogP contribution is 2.16. The van der Waals surface area contributed by atoms with Crippen LogP contribution < -0.4 is 15.4 Å². The number of benzene rings is 1. The first-order valence-corrected chi connectivity index (χ1v) is 9.65. The molecule has 26 heavy (non-hydrogen) atoms. The van der Waals surface area contributed by atoms with Crippen LogP contribution in [0.1, 0.15) is 32.3 Å². The number of aliphatic imine (C=N–C) groups is 1. The molecular formula is C20H35IN4O. The Bertz CT molecular complexity index is 521. The van der Waals surface area contributed by atoms with E-state index in [1.807, 2.05) is 12.1 Å². The van der Waals surface area contributed by atoms with E-state index in [9.17, 15) is 0 Å². The van der Waals surface area contributed by atoms with Crippen LogP contribution in [0.3, 0.4) is 0 Å². The first-order valence-electron chi connectivity index (χ1n) is 9.65. The molecule has 0 radical (unpaired) electrons. The molecule has 0 amide bonds. The highest BCUT2D eigenvalue weighted by molar-refractivity contribution is 14.0. The lowest BCUT2D eigenvalue weighted by molar-refractivity contribution is 0.186. The van der Waals surface area contributed by atoms with Gasteiger partial charge >= 0.3 is 0 Å². The molecule has 5 nitrogen and oxygen atoms in total. The van der Waals surface area contributed by atoms with Crippen molar-refractivity contribution in [2.45, 2.75) is 33.6 Å². The second-order valence-corrected chi connectivity index (χ2v) is 6.71. The molecule has 1 aliphatic heterocycles. The van der Waals surface area contributed by atoms with Crippen molar-refractivity contribution in [2.75, 3.05) is 45.9 Å². The number of nitrogens with one attached hydrogen (secondary N) is 2. The third-order valence-electron chi connectivity index (χ3n) is 4.59. The largest absolute Gasteiger partial charge is 0.492 e. The first kappa shape index (κ1) is 23.0. The monoisotopic (exact) mass is 474 g/mol. The molecule has 148 valence electrons. The van der Waals surface area contributed by atoms with Gasteiger partial charge in [-0.1, -0.05) is 24.6 Å². The minimum atomic E-state index is 0. The van der Waals surface area contributed by atoms with Gasteiger partial charge in [-0.05, 0) is 57.8 Å². The maximum absolute atomic E-state index is 5.76. The lowest BCUT2D eigenvalue weighted by Gasteiger charge is -2.31. The molecule has 1 saturated heterocycles. The van der Waals surface area contributed by atoms with E-state index in [1.54, 1.807) is 0 Å². The van der Waals surface area contributed by atoms with E-state index in [-0.39, 0.29) is 24.0 Å². The Hall–Kier alpha value is -1.02. The van der Waals surface area contributed by atoms with Crippen molar-refractivity contribution >= 4 is 29.9 Å². The fourth-order valence-corrected chi connectivity index (χ4v) is 3.12. The topological polar surface area (TPSA) is 48.9 Å². The predicted molar refractivity (Wildman–Crippen MR) is 121 cm³/mol. The summed E-state index contributed by atoms with van der Waals surface area (Å²) in [5.74, 6) is 2.48. The summed E-state index contributed by atoms with van der Waals surface area (Å²) in [6, 6.07) is 8.16. The molecule has 1 fully saturated rings. The van der Waals surface area contributed by atoms with Gasteiger partial charge in [0.15, 0.2) is 5.96 Å². The molecule has 6 heteroatoms. The Morgan fingerprint density at radius 2 is 2.00 bits per heavy atom. The minimum Gasteiger partial charge on any atom is -0.492 e. The van der Waals surface area contributed by atoms with E-state index in [1.165, 1.54) is 31.5 Å². The number of hydrogen-bond acceptors (Lipinski definition) is 3. The fourth-order valence-electron chi connectivity index (χ4n) is 3.12. The third-order valence-corrected chi connectivity index (χ3v) is 4.59. The minimum absolute atomic E-state index is 0. The Morgan fingerprint density at radius 1 is 1.23 bits per heavy atom. The summed E-state index contributed by atoms with van der Waals surface area (Å²) in [6.45, 7) is 13.1. The molecule has 0 aliphatic carbocycles. The number of aryl methyl sites for hydroxylation is 1. The van der Waals surface area contributed by atoms with Crippen molar-refractivity contribution in [3.63, 3.8) is 0 Å². The highest BCUT2D eigenvalue weighted by Gasteiger charge is 2.18. The van der Waals surface area contributed by atoms with Gasteiger partial charge in [-0.25, -0.2) is 0 Å². The van der Waals surface area contributed by atoms with Gasteiger partial charge < -0.3 is 20.3 Å². The Morgan fingerprint density at radius 3 is 2.69 bits per heavy atom.